The number of nitrogens with zero attached hydrogens (tertiary/aromatic N) is 6. The lowest BCUT2D eigenvalue weighted by molar-refractivity contribution is -0.190. The van der Waals surface area contributed by atoms with Crippen LogP contribution in [-0.2, 0) is 11.2 Å². The second kappa shape index (κ2) is 14.8. The van der Waals surface area contributed by atoms with Crippen molar-refractivity contribution in [3.8, 4) is 0 Å². The molecule has 1 aliphatic carbocycles. The number of aliphatic hydroxyl groups excluding tert-OH is 2. The largest absolute Gasteiger partial charge is 0.471 e. The van der Waals surface area contributed by atoms with Crippen LogP contribution in [0, 0.1) is 5.82 Å². The number of benzene rings is 2. The zero-order valence-corrected chi connectivity index (χ0v) is 27.1. The number of hydrogen-bond acceptors (Lipinski definition) is 9. The Labute approximate surface area is 284 Å². The van der Waals surface area contributed by atoms with Crippen LogP contribution in [0.15, 0.2) is 73.4 Å². The topological polar surface area (TPSA) is 157 Å². The third kappa shape index (κ3) is 7.40. The molecule has 1 saturated carbocycles. The fourth-order valence-electron chi connectivity index (χ4n) is 6.49. The molecule has 3 aromatic heterocycles. The molecular weight excluding hydrogens is 658 g/mol. The van der Waals surface area contributed by atoms with Crippen LogP contribution in [0.4, 0.5) is 29.3 Å². The number of carbonyl (C=O) groups is 1. The number of rotatable bonds is 13. The maximum Gasteiger partial charge on any atom is 0.471 e. The van der Waals surface area contributed by atoms with Gasteiger partial charge in [-0.2, -0.15) is 23.1 Å². The molecule has 1 fully saturated rings. The van der Waals surface area contributed by atoms with E-state index in [2.05, 4.69) is 30.6 Å². The lowest BCUT2D eigenvalue weighted by Gasteiger charge is -2.31. The smallest absolute Gasteiger partial charge is 0.388 e. The minimum Gasteiger partial charge on any atom is -0.388 e. The molecule has 0 aliphatic heterocycles. The predicted octanol–water partition coefficient (Wildman–Crippen LogP) is 4.42. The molecule has 0 bridgehead atoms. The zero-order valence-electron chi connectivity index (χ0n) is 27.1. The normalized spacial score (nSPS) is 19.8. The molecular formula is C34H37F4N9O3. The summed E-state index contributed by atoms with van der Waals surface area (Å²) in [6, 6.07) is 13.6. The third-order valence-corrected chi connectivity index (χ3v) is 8.94. The van der Waals surface area contributed by atoms with Crippen LogP contribution in [-0.4, -0.2) is 94.6 Å². The Morgan fingerprint density at radius 3 is 2.46 bits per heavy atom. The van der Waals surface area contributed by atoms with E-state index in [9.17, 15) is 32.6 Å². The number of aromatic nitrogens is 6. The fourth-order valence-corrected chi connectivity index (χ4v) is 6.49. The first-order valence-electron chi connectivity index (χ1n) is 16.3. The van der Waals surface area contributed by atoms with Gasteiger partial charge in [-0.25, -0.2) is 14.4 Å². The van der Waals surface area contributed by atoms with Crippen LogP contribution in [0.1, 0.15) is 48.5 Å². The van der Waals surface area contributed by atoms with E-state index < -0.39 is 36.4 Å². The van der Waals surface area contributed by atoms with Crippen molar-refractivity contribution in [3.63, 3.8) is 0 Å². The minimum absolute atomic E-state index is 0.176. The number of imidazole rings is 2. The quantitative estimate of drug-likeness (QED) is 0.113. The van der Waals surface area contributed by atoms with E-state index in [1.165, 1.54) is 23.0 Å². The number of nitrogens with one attached hydrogen (secondary N) is 3. The Kier molecular flexibility index (Phi) is 10.3. The van der Waals surface area contributed by atoms with E-state index in [1.54, 1.807) is 31.6 Å². The molecule has 5 atom stereocenters. The van der Waals surface area contributed by atoms with Crippen molar-refractivity contribution in [2.75, 3.05) is 30.3 Å². The number of anilines is 2. The molecule has 1 unspecified atom stereocenters. The molecule has 0 radical (unpaired) electrons. The van der Waals surface area contributed by atoms with Gasteiger partial charge in [-0.1, -0.05) is 49.4 Å². The van der Waals surface area contributed by atoms with Gasteiger partial charge in [-0.3, -0.25) is 4.79 Å². The Balaban J connectivity index is 1.34. The summed E-state index contributed by atoms with van der Waals surface area (Å²) in [6.07, 6.45) is -3.00. The maximum absolute atomic E-state index is 13.8. The molecule has 12 nitrogen and oxygen atoms in total. The number of hydrogen-bond donors (Lipinski definition) is 5. The monoisotopic (exact) mass is 695 g/mol. The third-order valence-electron chi connectivity index (χ3n) is 8.94. The Bertz CT molecular complexity index is 1870. The number of fused-ring (bicyclic) bond motifs is 1. The summed E-state index contributed by atoms with van der Waals surface area (Å²) >= 11 is 0. The Morgan fingerprint density at radius 1 is 1.04 bits per heavy atom. The first-order valence-corrected chi connectivity index (χ1v) is 16.3. The summed E-state index contributed by atoms with van der Waals surface area (Å²) in [5, 5.41) is 28.7. The van der Waals surface area contributed by atoms with Gasteiger partial charge in [-0.05, 0) is 36.1 Å². The molecule has 0 spiro atoms. The fraction of sp³-hybridized carbons (Fsp3) is 0.382. The van der Waals surface area contributed by atoms with Gasteiger partial charge in [0.2, 0.25) is 5.95 Å². The van der Waals surface area contributed by atoms with Crippen molar-refractivity contribution in [2.24, 2.45) is 0 Å². The molecule has 50 heavy (non-hydrogen) atoms. The zero-order chi connectivity index (χ0) is 35.4. The van der Waals surface area contributed by atoms with E-state index in [0.29, 0.717) is 35.7 Å². The average molecular weight is 696 g/mol. The highest BCUT2D eigenvalue weighted by atomic mass is 19.4. The first kappa shape index (κ1) is 34.8. The lowest BCUT2D eigenvalue weighted by Crippen LogP contribution is -2.51. The first-order chi connectivity index (χ1) is 24.0. The van der Waals surface area contributed by atoms with Crippen molar-refractivity contribution in [2.45, 2.75) is 62.6 Å². The highest BCUT2D eigenvalue weighted by molar-refractivity contribution is 5.85. The molecule has 0 saturated heterocycles. The molecule has 264 valence electrons. The van der Waals surface area contributed by atoms with Crippen molar-refractivity contribution in [1.29, 1.82) is 0 Å². The summed E-state index contributed by atoms with van der Waals surface area (Å²) in [5.41, 5.74) is 3.21. The number of aliphatic hydroxyl groups is 2. The maximum atomic E-state index is 13.8. The molecule has 5 aromatic rings. The standard InChI is InChI=1S/C34H37F4N9O3/c1-2-14-46(32(50)34(36,37)38)25-15-26(29(49)28(25)48)47-19-43-27-30(44-33(45-31(27)47)40-13-12-23-16-39-18-42-23)41-17-24(20-6-4-3-5-7-20)21-8-10-22(35)11-9-21/h3-11,16,18-19,24-26,28-29,48-49H,2,12-15,17H2,1H3,(H,39,42)(H2,40,41,44,45)/t24?,25-,26+,28+,29-/m0/s1. The van der Waals surface area contributed by atoms with Gasteiger partial charge in [-0.15, -0.1) is 0 Å². The molecule has 5 N–H and O–H groups in total. The van der Waals surface area contributed by atoms with E-state index in [0.717, 1.165) is 16.8 Å². The second-order valence-corrected chi connectivity index (χ2v) is 12.2. The lowest BCUT2D eigenvalue weighted by atomic mass is 9.91. The predicted molar refractivity (Wildman–Crippen MR) is 177 cm³/mol. The van der Waals surface area contributed by atoms with Crippen LogP contribution in [0.3, 0.4) is 0 Å². The molecule has 2 aromatic carbocycles. The van der Waals surface area contributed by atoms with Crippen molar-refractivity contribution >= 4 is 28.8 Å². The van der Waals surface area contributed by atoms with Crippen LogP contribution in [0.2, 0.25) is 0 Å². The van der Waals surface area contributed by atoms with E-state index in [-0.39, 0.29) is 42.7 Å². The number of H-pyrrole nitrogens is 1. The van der Waals surface area contributed by atoms with Gasteiger partial charge >= 0.3 is 12.1 Å². The van der Waals surface area contributed by atoms with Crippen molar-refractivity contribution in [1.82, 2.24) is 34.4 Å². The highest BCUT2D eigenvalue weighted by Gasteiger charge is 2.51. The molecule has 6 rings (SSSR count). The molecule has 16 heteroatoms. The van der Waals surface area contributed by atoms with Gasteiger partial charge in [0.15, 0.2) is 17.0 Å². The Hall–Kier alpha value is -5.09. The van der Waals surface area contributed by atoms with Gasteiger partial charge in [0, 0.05) is 38.2 Å². The second-order valence-electron chi connectivity index (χ2n) is 12.2. The number of amides is 1. The summed E-state index contributed by atoms with van der Waals surface area (Å²) in [6.45, 7) is 2.10. The summed E-state index contributed by atoms with van der Waals surface area (Å²) in [5.74, 6) is -2.10. The van der Waals surface area contributed by atoms with Crippen LogP contribution in [0.5, 0.6) is 0 Å². The minimum atomic E-state index is -5.14. The Morgan fingerprint density at radius 2 is 1.78 bits per heavy atom. The number of aromatic amines is 1. The number of carbonyl (C=O) groups excluding carboxylic acids is 1. The van der Waals surface area contributed by atoms with Crippen molar-refractivity contribution < 1.29 is 32.6 Å². The van der Waals surface area contributed by atoms with Crippen LogP contribution >= 0.6 is 0 Å². The highest BCUT2D eigenvalue weighted by Crippen LogP contribution is 2.38. The van der Waals surface area contributed by atoms with Crippen LogP contribution in [0.25, 0.3) is 11.2 Å². The SMILES string of the molecule is CCCN(C(=O)C(F)(F)F)[C@H]1C[C@@H](n2cnc3c(NCC(c4ccccc4)c4ccc(F)cc4)nc(NCCc4c[nH]cn4)nc32)[C@H](O)[C@@H]1O. The van der Waals surface area contributed by atoms with E-state index in [4.69, 9.17) is 4.98 Å². The average Bonchev–Trinajstić information content (AvgIpc) is 3.84. The van der Waals surface area contributed by atoms with Gasteiger partial charge in [0.05, 0.1) is 30.4 Å². The molecule has 1 aliphatic rings. The molecule has 3 heterocycles. The summed E-state index contributed by atoms with van der Waals surface area (Å²) < 4.78 is 55.9. The summed E-state index contributed by atoms with van der Waals surface area (Å²) in [7, 11) is 0. The number of halogens is 4. The molecule has 1 amide bonds. The van der Waals surface area contributed by atoms with E-state index >= 15 is 0 Å². The van der Waals surface area contributed by atoms with Crippen LogP contribution < -0.4 is 10.6 Å². The van der Waals surface area contributed by atoms with Gasteiger partial charge < -0.3 is 35.3 Å². The number of alkyl halides is 3. The van der Waals surface area contributed by atoms with Gasteiger partial charge in [0.1, 0.15) is 18.0 Å². The summed E-state index contributed by atoms with van der Waals surface area (Å²) in [4.78, 5) is 34.0. The van der Waals surface area contributed by atoms with E-state index in [1.807, 2.05) is 30.3 Å². The van der Waals surface area contributed by atoms with Gasteiger partial charge in [0.25, 0.3) is 0 Å². The van der Waals surface area contributed by atoms with Crippen molar-refractivity contribution in [3.05, 3.63) is 96.1 Å².